The summed E-state index contributed by atoms with van der Waals surface area (Å²) in [4.78, 5) is 19.4. The van der Waals surface area contributed by atoms with Gasteiger partial charge in [0.1, 0.15) is 5.75 Å². The second-order valence-electron chi connectivity index (χ2n) is 6.73. The Balaban J connectivity index is 1.25. The minimum Gasteiger partial charge on any atom is -0.497 e. The van der Waals surface area contributed by atoms with E-state index in [-0.39, 0.29) is 5.91 Å². The van der Waals surface area contributed by atoms with Crippen molar-refractivity contribution in [2.45, 2.75) is 11.3 Å². The van der Waals surface area contributed by atoms with Crippen LogP contribution in [0, 0.1) is 0 Å². The molecule has 4 nitrogen and oxygen atoms in total. The molecule has 0 saturated heterocycles. The molecule has 0 radical (unpaired) electrons. The Morgan fingerprint density at radius 2 is 1.83 bits per heavy atom. The second-order valence-corrected chi connectivity index (χ2v) is 8.90. The molecule has 1 aromatic heterocycles. The Kier molecular flexibility index (Phi) is 4.73. The number of rotatable bonds is 6. The Bertz CT molecular complexity index is 1160. The first-order valence-electron chi connectivity index (χ1n) is 9.33. The molecule has 144 valence electrons. The molecule has 0 bridgehead atoms. The van der Waals surface area contributed by atoms with Crippen molar-refractivity contribution in [1.82, 2.24) is 4.98 Å². The van der Waals surface area contributed by atoms with Gasteiger partial charge in [-0.15, -0.1) is 11.8 Å². The number of hydrogen-bond donors (Lipinski definition) is 1. The number of ether oxygens (including phenoxy) is 1. The zero-order chi connectivity index (χ0) is 19.8. The molecule has 0 unspecified atom stereocenters. The van der Waals surface area contributed by atoms with E-state index in [4.69, 9.17) is 9.72 Å². The first kappa shape index (κ1) is 18.2. The van der Waals surface area contributed by atoms with Crippen molar-refractivity contribution in [3.05, 3.63) is 60.7 Å². The molecule has 1 amide bonds. The van der Waals surface area contributed by atoms with Crippen molar-refractivity contribution in [1.29, 1.82) is 0 Å². The number of nitrogens with zero attached hydrogens (tertiary/aromatic N) is 1. The molecule has 5 rings (SSSR count). The number of fused-ring (bicyclic) bond motifs is 3. The molecule has 1 heterocycles. The number of benzene rings is 3. The fourth-order valence-electron chi connectivity index (χ4n) is 3.58. The lowest BCUT2D eigenvalue weighted by molar-refractivity contribution is -0.115. The number of aromatic nitrogens is 1. The summed E-state index contributed by atoms with van der Waals surface area (Å²) in [5, 5.41) is 6.13. The van der Waals surface area contributed by atoms with Crippen LogP contribution in [0.25, 0.3) is 32.5 Å². The average Bonchev–Trinajstić information content (AvgIpc) is 3.28. The Morgan fingerprint density at radius 1 is 1.07 bits per heavy atom. The highest BCUT2D eigenvalue weighted by atomic mass is 32.2. The number of carbonyl (C=O) groups excluding carboxylic acids is 1. The summed E-state index contributed by atoms with van der Waals surface area (Å²) in [7, 11) is 1.65. The van der Waals surface area contributed by atoms with Gasteiger partial charge in [0.25, 0.3) is 0 Å². The summed E-state index contributed by atoms with van der Waals surface area (Å²) in [5.74, 6) is 1.54. The van der Waals surface area contributed by atoms with Gasteiger partial charge in [-0.05, 0) is 35.0 Å². The highest BCUT2D eigenvalue weighted by Crippen LogP contribution is 2.50. The van der Waals surface area contributed by atoms with Gasteiger partial charge in [0.05, 0.1) is 17.7 Å². The molecular weight excluding hydrogens is 400 g/mol. The number of carbonyl (C=O) groups is 1. The third-order valence-electron chi connectivity index (χ3n) is 4.94. The van der Waals surface area contributed by atoms with Crippen LogP contribution < -0.4 is 10.1 Å². The van der Waals surface area contributed by atoms with E-state index in [2.05, 4.69) is 41.7 Å². The Labute approximate surface area is 176 Å². The molecule has 0 atom stereocenters. The monoisotopic (exact) mass is 418 g/mol. The van der Waals surface area contributed by atoms with Crippen LogP contribution in [0.5, 0.6) is 5.75 Å². The van der Waals surface area contributed by atoms with E-state index in [9.17, 15) is 4.79 Å². The SMILES string of the molecule is COc1ccc(SCCC(=O)Nc2nc3c(s2)-c2cccc4cccc-3c24)cc1. The topological polar surface area (TPSA) is 51.2 Å². The zero-order valence-electron chi connectivity index (χ0n) is 15.8. The van der Waals surface area contributed by atoms with Crippen LogP contribution in [0.15, 0.2) is 65.6 Å². The summed E-state index contributed by atoms with van der Waals surface area (Å²) in [5.41, 5.74) is 3.34. The predicted molar refractivity (Wildman–Crippen MR) is 121 cm³/mol. The molecular formula is C23H18N2O2S2. The molecule has 4 aromatic rings. The lowest BCUT2D eigenvalue weighted by Crippen LogP contribution is -2.11. The maximum Gasteiger partial charge on any atom is 0.226 e. The fourth-order valence-corrected chi connectivity index (χ4v) is 5.46. The van der Waals surface area contributed by atoms with Crippen LogP contribution in [-0.2, 0) is 4.79 Å². The standard InChI is InChI=1S/C23H18N2O2S2/c1-27-15-8-10-16(11-9-15)28-13-12-19(26)24-23-25-21-17-6-2-4-14-5-3-7-18(20(14)17)22(21)29-23/h2-11H,12-13H2,1H3,(H,24,25,26). The van der Waals surface area contributed by atoms with Gasteiger partial charge in [0.2, 0.25) is 5.91 Å². The first-order valence-corrected chi connectivity index (χ1v) is 11.1. The lowest BCUT2D eigenvalue weighted by Gasteiger charge is -2.04. The van der Waals surface area contributed by atoms with Gasteiger partial charge >= 0.3 is 0 Å². The Morgan fingerprint density at radius 3 is 2.59 bits per heavy atom. The highest BCUT2D eigenvalue weighted by Gasteiger charge is 2.25. The summed E-state index contributed by atoms with van der Waals surface area (Å²) in [6.07, 6.45) is 0.438. The van der Waals surface area contributed by atoms with Crippen LogP contribution >= 0.6 is 23.1 Å². The van der Waals surface area contributed by atoms with Crippen molar-refractivity contribution in [3.8, 4) is 27.4 Å². The zero-order valence-corrected chi connectivity index (χ0v) is 17.4. The van der Waals surface area contributed by atoms with Crippen LogP contribution in [0.4, 0.5) is 5.13 Å². The Hall–Kier alpha value is -2.83. The summed E-state index contributed by atoms with van der Waals surface area (Å²) in [6.45, 7) is 0. The maximum atomic E-state index is 12.4. The number of amides is 1. The summed E-state index contributed by atoms with van der Waals surface area (Å²) >= 11 is 3.21. The number of nitrogens with one attached hydrogen (secondary N) is 1. The molecule has 3 aromatic carbocycles. The van der Waals surface area contributed by atoms with E-state index in [1.807, 2.05) is 24.3 Å². The van der Waals surface area contributed by atoms with Crippen molar-refractivity contribution in [3.63, 3.8) is 0 Å². The molecule has 1 aliphatic carbocycles. The van der Waals surface area contributed by atoms with Crippen LogP contribution in [0.3, 0.4) is 0 Å². The third-order valence-corrected chi connectivity index (χ3v) is 6.95. The van der Waals surface area contributed by atoms with Gasteiger partial charge in [0, 0.05) is 28.2 Å². The molecule has 0 fully saturated rings. The van der Waals surface area contributed by atoms with E-state index in [1.54, 1.807) is 30.2 Å². The van der Waals surface area contributed by atoms with Crippen molar-refractivity contribution < 1.29 is 9.53 Å². The molecule has 0 saturated carbocycles. The number of thiazole rings is 1. The van der Waals surface area contributed by atoms with E-state index in [1.165, 1.54) is 16.3 Å². The van der Waals surface area contributed by atoms with Crippen LogP contribution in [0.1, 0.15) is 6.42 Å². The minimum atomic E-state index is -0.00933. The average molecular weight is 419 g/mol. The van der Waals surface area contributed by atoms with Crippen molar-refractivity contribution in [2.24, 2.45) is 0 Å². The smallest absolute Gasteiger partial charge is 0.226 e. The number of hydrogen-bond acceptors (Lipinski definition) is 5. The predicted octanol–water partition coefficient (Wildman–Crippen LogP) is 6.07. The quantitative estimate of drug-likeness (QED) is 0.340. The highest BCUT2D eigenvalue weighted by molar-refractivity contribution is 7.99. The summed E-state index contributed by atoms with van der Waals surface area (Å²) in [6, 6.07) is 20.5. The molecule has 6 heteroatoms. The second kappa shape index (κ2) is 7.54. The normalized spacial score (nSPS) is 11.5. The van der Waals surface area contributed by atoms with Gasteiger partial charge in [-0.3, -0.25) is 4.79 Å². The fraction of sp³-hybridized carbons (Fsp3) is 0.130. The maximum absolute atomic E-state index is 12.4. The number of thioether (sulfide) groups is 1. The molecule has 1 aliphatic rings. The molecule has 0 spiro atoms. The van der Waals surface area contributed by atoms with E-state index < -0.39 is 0 Å². The number of methoxy groups -OCH3 is 1. The molecule has 29 heavy (non-hydrogen) atoms. The van der Waals surface area contributed by atoms with Crippen LogP contribution in [0.2, 0.25) is 0 Å². The van der Waals surface area contributed by atoms with E-state index >= 15 is 0 Å². The van der Waals surface area contributed by atoms with Gasteiger partial charge in [-0.2, -0.15) is 0 Å². The van der Waals surface area contributed by atoms with Gasteiger partial charge < -0.3 is 10.1 Å². The summed E-state index contributed by atoms with van der Waals surface area (Å²) < 4.78 is 5.16. The minimum absolute atomic E-state index is 0.00933. The largest absolute Gasteiger partial charge is 0.497 e. The van der Waals surface area contributed by atoms with Gasteiger partial charge in [-0.25, -0.2) is 4.98 Å². The van der Waals surface area contributed by atoms with Crippen molar-refractivity contribution in [2.75, 3.05) is 18.2 Å². The van der Waals surface area contributed by atoms with Crippen LogP contribution in [-0.4, -0.2) is 23.8 Å². The first-order chi connectivity index (χ1) is 14.2. The third kappa shape index (κ3) is 3.39. The van der Waals surface area contributed by atoms with Gasteiger partial charge in [0.15, 0.2) is 5.13 Å². The number of anilines is 1. The van der Waals surface area contributed by atoms with E-state index in [0.717, 1.165) is 26.8 Å². The van der Waals surface area contributed by atoms with Crippen molar-refractivity contribution >= 4 is 44.9 Å². The molecule has 0 aliphatic heterocycles. The lowest BCUT2D eigenvalue weighted by atomic mass is 10.0. The molecule has 1 N–H and O–H groups in total. The van der Waals surface area contributed by atoms with E-state index in [0.29, 0.717) is 17.3 Å². The van der Waals surface area contributed by atoms with Gasteiger partial charge in [-0.1, -0.05) is 47.7 Å².